The second-order valence-corrected chi connectivity index (χ2v) is 5.09. The maximum absolute atomic E-state index is 11.3. The van der Waals surface area contributed by atoms with Crippen molar-refractivity contribution in [3.8, 4) is 5.75 Å². The van der Waals surface area contributed by atoms with Crippen molar-refractivity contribution in [1.29, 1.82) is 0 Å². The molecule has 6 heteroatoms. The molecule has 22 heavy (non-hydrogen) atoms. The van der Waals surface area contributed by atoms with Crippen molar-refractivity contribution >= 4 is 5.97 Å². The fourth-order valence-electron chi connectivity index (χ4n) is 2.11. The molecule has 2 aromatic rings. The van der Waals surface area contributed by atoms with Crippen LogP contribution < -0.4 is 4.74 Å². The highest BCUT2D eigenvalue weighted by molar-refractivity contribution is 5.89. The van der Waals surface area contributed by atoms with Gasteiger partial charge in [-0.25, -0.2) is 4.79 Å². The molecule has 0 aliphatic heterocycles. The van der Waals surface area contributed by atoms with Gasteiger partial charge < -0.3 is 14.6 Å². The number of ether oxygens (including phenoxy) is 2. The summed E-state index contributed by atoms with van der Waals surface area (Å²) in [6.45, 7) is 4.38. The molecule has 118 valence electrons. The van der Waals surface area contributed by atoms with Crippen LogP contribution in [-0.2, 0) is 11.3 Å². The van der Waals surface area contributed by atoms with E-state index in [1.807, 2.05) is 19.9 Å². The topological polar surface area (TPSA) is 73.6 Å². The lowest BCUT2D eigenvalue weighted by Gasteiger charge is -2.13. The Morgan fingerprint density at radius 3 is 2.55 bits per heavy atom. The number of carbonyl (C=O) groups is 1. The number of benzene rings is 1. The van der Waals surface area contributed by atoms with E-state index in [0.717, 1.165) is 11.4 Å². The predicted octanol–water partition coefficient (Wildman–Crippen LogP) is 1.73. The minimum absolute atomic E-state index is 0.149. The van der Waals surface area contributed by atoms with Crippen LogP contribution in [0, 0.1) is 13.8 Å². The quantitative estimate of drug-likeness (QED) is 0.823. The van der Waals surface area contributed by atoms with E-state index in [1.165, 1.54) is 7.11 Å². The molecule has 0 spiro atoms. The van der Waals surface area contributed by atoms with E-state index >= 15 is 0 Å². The summed E-state index contributed by atoms with van der Waals surface area (Å²) in [5, 5.41) is 14.3. The molecule has 0 aliphatic carbocycles. The summed E-state index contributed by atoms with van der Waals surface area (Å²) in [6, 6.07) is 8.53. The first kappa shape index (κ1) is 16.0. The smallest absolute Gasteiger partial charge is 0.337 e. The Bertz CT molecular complexity index is 634. The largest absolute Gasteiger partial charge is 0.491 e. The number of aromatic nitrogens is 2. The molecule has 1 heterocycles. The van der Waals surface area contributed by atoms with Gasteiger partial charge in [-0.2, -0.15) is 5.10 Å². The molecule has 1 atom stereocenters. The summed E-state index contributed by atoms with van der Waals surface area (Å²) < 4.78 is 11.9. The third kappa shape index (κ3) is 4.08. The van der Waals surface area contributed by atoms with Crippen molar-refractivity contribution in [1.82, 2.24) is 9.78 Å². The Kier molecular flexibility index (Phi) is 5.16. The van der Waals surface area contributed by atoms with Crippen LogP contribution in [0.1, 0.15) is 21.7 Å². The van der Waals surface area contributed by atoms with Gasteiger partial charge in [0.25, 0.3) is 0 Å². The van der Waals surface area contributed by atoms with Gasteiger partial charge >= 0.3 is 5.97 Å². The Labute approximate surface area is 129 Å². The van der Waals surface area contributed by atoms with E-state index in [1.54, 1.807) is 28.9 Å². The third-order valence-corrected chi connectivity index (χ3v) is 3.20. The molecular weight excluding hydrogens is 284 g/mol. The standard InChI is InChI=1S/C16H20N2O4/c1-11-8-12(2)18(17-11)9-14(19)10-22-15-6-4-13(5-7-15)16(20)21-3/h4-8,14,19H,9-10H2,1-3H3/t14-/m0/s1. The Morgan fingerprint density at radius 1 is 1.32 bits per heavy atom. The number of methoxy groups -OCH3 is 1. The molecular formula is C16H20N2O4. The summed E-state index contributed by atoms with van der Waals surface area (Å²) >= 11 is 0. The molecule has 0 amide bonds. The van der Waals surface area contributed by atoms with Crippen LogP contribution in [0.5, 0.6) is 5.75 Å². The monoisotopic (exact) mass is 304 g/mol. The van der Waals surface area contributed by atoms with Gasteiger partial charge in [0.2, 0.25) is 0 Å². The summed E-state index contributed by atoms with van der Waals surface area (Å²) in [7, 11) is 1.34. The van der Waals surface area contributed by atoms with Crippen LogP contribution in [0.2, 0.25) is 0 Å². The summed E-state index contributed by atoms with van der Waals surface area (Å²) in [6.07, 6.45) is -0.668. The molecule has 0 saturated carbocycles. The normalized spacial score (nSPS) is 12.0. The van der Waals surface area contributed by atoms with Gasteiger partial charge in [-0.3, -0.25) is 4.68 Å². The van der Waals surface area contributed by atoms with Gasteiger partial charge in [-0.15, -0.1) is 0 Å². The van der Waals surface area contributed by atoms with E-state index in [-0.39, 0.29) is 6.61 Å². The van der Waals surface area contributed by atoms with Crippen molar-refractivity contribution in [3.05, 3.63) is 47.3 Å². The van der Waals surface area contributed by atoms with Gasteiger partial charge in [0.1, 0.15) is 18.5 Å². The number of carbonyl (C=O) groups excluding carboxylic acids is 1. The molecule has 2 rings (SSSR count). The molecule has 0 aliphatic rings. The Morgan fingerprint density at radius 2 is 2.00 bits per heavy atom. The third-order valence-electron chi connectivity index (χ3n) is 3.20. The van der Waals surface area contributed by atoms with Crippen LogP contribution in [-0.4, -0.2) is 40.7 Å². The highest BCUT2D eigenvalue weighted by atomic mass is 16.5. The number of nitrogens with zero attached hydrogens (tertiary/aromatic N) is 2. The Hall–Kier alpha value is -2.34. The summed E-state index contributed by atoms with van der Waals surface area (Å²) in [4.78, 5) is 11.3. The molecule has 1 N–H and O–H groups in total. The van der Waals surface area contributed by atoms with Gasteiger partial charge in [0.15, 0.2) is 0 Å². The number of rotatable bonds is 6. The maximum atomic E-state index is 11.3. The van der Waals surface area contributed by atoms with E-state index in [4.69, 9.17) is 4.74 Å². The van der Waals surface area contributed by atoms with Crippen LogP contribution >= 0.6 is 0 Å². The first-order valence-electron chi connectivity index (χ1n) is 7.00. The number of esters is 1. The van der Waals surface area contributed by atoms with Gasteiger partial charge in [0.05, 0.1) is 24.9 Å². The lowest BCUT2D eigenvalue weighted by atomic mass is 10.2. The molecule has 1 aromatic carbocycles. The zero-order valence-corrected chi connectivity index (χ0v) is 12.9. The summed E-state index contributed by atoms with van der Waals surface area (Å²) in [5.41, 5.74) is 2.38. The Balaban J connectivity index is 1.87. The highest BCUT2D eigenvalue weighted by Crippen LogP contribution is 2.13. The van der Waals surface area contributed by atoms with Gasteiger partial charge in [0, 0.05) is 5.69 Å². The first-order valence-corrected chi connectivity index (χ1v) is 7.00. The van der Waals surface area contributed by atoms with Crippen molar-refractivity contribution in [2.45, 2.75) is 26.5 Å². The molecule has 0 fully saturated rings. The number of hydrogen-bond acceptors (Lipinski definition) is 5. The maximum Gasteiger partial charge on any atom is 0.337 e. The predicted molar refractivity (Wildman–Crippen MR) is 81.0 cm³/mol. The molecule has 6 nitrogen and oxygen atoms in total. The fraction of sp³-hybridized carbons (Fsp3) is 0.375. The van der Waals surface area contributed by atoms with E-state index in [9.17, 15) is 9.90 Å². The highest BCUT2D eigenvalue weighted by Gasteiger charge is 2.10. The average Bonchev–Trinajstić information content (AvgIpc) is 2.82. The molecule has 1 aromatic heterocycles. The van der Waals surface area contributed by atoms with Gasteiger partial charge in [-0.05, 0) is 44.2 Å². The van der Waals surface area contributed by atoms with E-state index in [0.29, 0.717) is 17.9 Å². The fourth-order valence-corrected chi connectivity index (χ4v) is 2.11. The zero-order valence-electron chi connectivity index (χ0n) is 12.9. The number of aryl methyl sites for hydroxylation is 2. The zero-order chi connectivity index (χ0) is 16.1. The van der Waals surface area contributed by atoms with Crippen molar-refractivity contribution in [3.63, 3.8) is 0 Å². The first-order chi connectivity index (χ1) is 10.5. The SMILES string of the molecule is COC(=O)c1ccc(OC[C@@H](O)Cn2nc(C)cc2C)cc1. The van der Waals surface area contributed by atoms with Crippen molar-refractivity contribution in [2.75, 3.05) is 13.7 Å². The second kappa shape index (κ2) is 7.09. The number of hydrogen-bond donors (Lipinski definition) is 1. The lowest BCUT2D eigenvalue weighted by Crippen LogP contribution is -2.24. The molecule has 0 radical (unpaired) electrons. The molecule has 0 saturated heterocycles. The average molecular weight is 304 g/mol. The summed E-state index contributed by atoms with van der Waals surface area (Å²) in [5.74, 6) is 0.191. The van der Waals surface area contributed by atoms with E-state index in [2.05, 4.69) is 9.84 Å². The number of aliphatic hydroxyl groups is 1. The molecule has 0 unspecified atom stereocenters. The second-order valence-electron chi connectivity index (χ2n) is 5.09. The van der Waals surface area contributed by atoms with E-state index < -0.39 is 12.1 Å². The minimum atomic E-state index is -0.668. The van der Waals surface area contributed by atoms with Crippen LogP contribution in [0.3, 0.4) is 0 Å². The van der Waals surface area contributed by atoms with Crippen molar-refractivity contribution in [2.24, 2.45) is 0 Å². The van der Waals surface area contributed by atoms with Crippen molar-refractivity contribution < 1.29 is 19.4 Å². The van der Waals surface area contributed by atoms with Crippen LogP contribution in [0.25, 0.3) is 0 Å². The van der Waals surface area contributed by atoms with Crippen LogP contribution in [0.4, 0.5) is 0 Å². The van der Waals surface area contributed by atoms with Gasteiger partial charge in [-0.1, -0.05) is 0 Å². The lowest BCUT2D eigenvalue weighted by molar-refractivity contribution is 0.0600. The minimum Gasteiger partial charge on any atom is -0.491 e. The van der Waals surface area contributed by atoms with Crippen LogP contribution in [0.15, 0.2) is 30.3 Å². The molecule has 0 bridgehead atoms. The number of aliphatic hydroxyl groups excluding tert-OH is 1.